The molecule has 17 heteroatoms. The number of thiophene rings is 2. The number of anilines is 1. The molecule has 1 amide bonds. The number of aromatic nitrogens is 1. The van der Waals surface area contributed by atoms with E-state index in [1.54, 1.807) is 24.3 Å². The number of carbonyl (C=O) groups is 2. The quantitative estimate of drug-likeness (QED) is 0.0613. The number of rotatable bonds is 16. The lowest BCUT2D eigenvalue weighted by Crippen LogP contribution is -2.45. The number of aromatic amines is 1. The van der Waals surface area contributed by atoms with Crippen LogP contribution in [0.4, 0.5) is 15.2 Å². The minimum Gasteiger partial charge on any atom is -0.506 e. The summed E-state index contributed by atoms with van der Waals surface area (Å²) in [7, 11) is 3.48. The van der Waals surface area contributed by atoms with Crippen molar-refractivity contribution >= 4 is 62.9 Å². The van der Waals surface area contributed by atoms with Crippen molar-refractivity contribution in [2.45, 2.75) is 56.1 Å². The fourth-order valence-electron chi connectivity index (χ4n) is 6.94. The first-order valence-corrected chi connectivity index (χ1v) is 19.9. The summed E-state index contributed by atoms with van der Waals surface area (Å²) < 4.78 is 17.5. The van der Waals surface area contributed by atoms with Gasteiger partial charge in [0.2, 0.25) is 11.2 Å². The smallest absolute Gasteiger partial charge is 0.411 e. The summed E-state index contributed by atoms with van der Waals surface area (Å²) >= 11 is 9.30. The van der Waals surface area contributed by atoms with E-state index in [-0.39, 0.29) is 58.4 Å². The summed E-state index contributed by atoms with van der Waals surface area (Å²) in [6.07, 6.45) is 1.18. The molecule has 300 valence electrons. The van der Waals surface area contributed by atoms with Crippen LogP contribution < -0.4 is 20.9 Å². The van der Waals surface area contributed by atoms with Crippen LogP contribution in [0.2, 0.25) is 5.02 Å². The molecule has 3 aromatic heterocycles. The highest BCUT2D eigenvalue weighted by Gasteiger charge is 2.48. The molecule has 0 saturated heterocycles. The zero-order valence-corrected chi connectivity index (χ0v) is 33.0. The van der Waals surface area contributed by atoms with Gasteiger partial charge in [-0.25, -0.2) is 9.59 Å². The average Bonchev–Trinajstić information content (AvgIpc) is 3.92. The van der Waals surface area contributed by atoms with E-state index in [9.17, 15) is 29.7 Å². The van der Waals surface area contributed by atoms with E-state index in [0.717, 1.165) is 12.8 Å². The SMILES string of the molecule is COc1cc(NC(=O)OCCN(C)[C@H]2CC[C@H](OC(C(=O)O)(c3cccs3)c3cccs3)CC2)c(Cl)cc1CNC[C@H](O)c1ccc(O)c2[nH]c(=O)ccc12.F. The summed E-state index contributed by atoms with van der Waals surface area (Å²) in [5.74, 6) is -0.650. The summed E-state index contributed by atoms with van der Waals surface area (Å²) in [6.45, 7) is 1.07. The zero-order chi connectivity index (χ0) is 39.1. The van der Waals surface area contributed by atoms with E-state index in [1.807, 2.05) is 42.1 Å². The number of aliphatic hydroxyl groups is 1. The number of aliphatic carboxylic acids is 1. The number of phenols is 1. The van der Waals surface area contributed by atoms with E-state index < -0.39 is 23.8 Å². The Morgan fingerprint density at radius 2 is 1.75 bits per heavy atom. The highest BCUT2D eigenvalue weighted by Crippen LogP contribution is 2.42. The lowest BCUT2D eigenvalue weighted by molar-refractivity contribution is -0.170. The van der Waals surface area contributed by atoms with Gasteiger partial charge in [-0.2, -0.15) is 0 Å². The van der Waals surface area contributed by atoms with E-state index in [1.165, 1.54) is 41.9 Å². The molecule has 1 aliphatic rings. The number of hydrogen-bond donors (Lipinski definition) is 6. The predicted octanol–water partition coefficient (Wildman–Crippen LogP) is 6.83. The molecule has 6 rings (SSSR count). The van der Waals surface area contributed by atoms with Crippen LogP contribution in [-0.4, -0.2) is 83.3 Å². The Labute approximate surface area is 335 Å². The van der Waals surface area contributed by atoms with Gasteiger partial charge in [-0.1, -0.05) is 29.8 Å². The van der Waals surface area contributed by atoms with E-state index >= 15 is 0 Å². The summed E-state index contributed by atoms with van der Waals surface area (Å²) in [5.41, 5.74) is -0.108. The molecule has 0 unspecified atom stereocenters. The third-order valence-corrected chi connectivity index (χ3v) is 12.1. The number of amides is 1. The number of likely N-dealkylation sites (N-methyl/N-ethyl adjacent to an activating group) is 1. The molecule has 3 heterocycles. The van der Waals surface area contributed by atoms with Crippen molar-refractivity contribution in [2.75, 3.05) is 39.2 Å². The number of halogens is 2. The topological polar surface area (TPSA) is 183 Å². The second kappa shape index (κ2) is 19.1. The molecule has 6 N–H and O–H groups in total. The first kappa shape index (κ1) is 42.6. The van der Waals surface area contributed by atoms with E-state index in [2.05, 4.69) is 20.5 Å². The van der Waals surface area contributed by atoms with Gasteiger partial charge in [0.05, 0.1) is 45.3 Å². The number of pyridine rings is 1. The summed E-state index contributed by atoms with van der Waals surface area (Å²) in [6, 6.07) is 16.7. The normalized spacial score (nSPS) is 16.3. The van der Waals surface area contributed by atoms with Crippen molar-refractivity contribution in [3.8, 4) is 11.5 Å². The molecular formula is C39H44ClFN4O9S2. The van der Waals surface area contributed by atoms with Gasteiger partial charge in [0, 0.05) is 48.8 Å². The molecule has 5 aromatic rings. The number of fused-ring (bicyclic) bond motifs is 1. The second-order valence-electron chi connectivity index (χ2n) is 13.3. The van der Waals surface area contributed by atoms with Gasteiger partial charge in [-0.15, -0.1) is 22.7 Å². The number of carboxylic acid groups (broad SMARTS) is 1. The van der Waals surface area contributed by atoms with Gasteiger partial charge in [-0.3, -0.25) is 14.8 Å². The number of methoxy groups -OCH3 is 1. The highest BCUT2D eigenvalue weighted by molar-refractivity contribution is 7.12. The average molecular weight is 831 g/mol. The van der Waals surface area contributed by atoms with E-state index in [4.69, 9.17) is 25.8 Å². The Morgan fingerprint density at radius 3 is 2.38 bits per heavy atom. The van der Waals surface area contributed by atoms with Gasteiger partial charge in [0.15, 0.2) is 0 Å². The highest BCUT2D eigenvalue weighted by atomic mass is 35.5. The molecule has 13 nitrogen and oxygen atoms in total. The van der Waals surface area contributed by atoms with Crippen LogP contribution in [0.3, 0.4) is 0 Å². The summed E-state index contributed by atoms with van der Waals surface area (Å²) in [5, 5.41) is 41.9. The van der Waals surface area contributed by atoms with Gasteiger partial charge >= 0.3 is 12.1 Å². The number of carboxylic acids is 1. The minimum absolute atomic E-state index is 0. The Balaban J connectivity index is 0.00000600. The number of carbonyl (C=O) groups excluding carboxylic acids is 1. The Kier molecular flexibility index (Phi) is 14.5. The van der Waals surface area contributed by atoms with Crippen molar-refractivity contribution in [1.82, 2.24) is 15.2 Å². The molecule has 1 atom stereocenters. The van der Waals surface area contributed by atoms with Crippen LogP contribution in [0, 0.1) is 0 Å². The largest absolute Gasteiger partial charge is 0.506 e. The molecule has 1 aliphatic carbocycles. The van der Waals surface area contributed by atoms with Gasteiger partial charge in [0.1, 0.15) is 18.1 Å². The number of nitrogens with one attached hydrogen (secondary N) is 3. The molecule has 2 aromatic carbocycles. The Morgan fingerprint density at radius 1 is 1.05 bits per heavy atom. The maximum atomic E-state index is 12.8. The maximum absolute atomic E-state index is 12.8. The third kappa shape index (κ3) is 9.52. The summed E-state index contributed by atoms with van der Waals surface area (Å²) in [4.78, 5) is 43.3. The van der Waals surface area contributed by atoms with Crippen LogP contribution in [0.15, 0.2) is 76.2 Å². The monoisotopic (exact) mass is 830 g/mol. The van der Waals surface area contributed by atoms with Crippen molar-refractivity contribution in [2.24, 2.45) is 0 Å². The molecule has 1 saturated carbocycles. The van der Waals surface area contributed by atoms with Crippen LogP contribution in [0.1, 0.15) is 52.7 Å². The molecule has 0 aliphatic heterocycles. The second-order valence-corrected chi connectivity index (χ2v) is 15.6. The van der Waals surface area contributed by atoms with Crippen LogP contribution >= 0.6 is 34.3 Å². The first-order chi connectivity index (χ1) is 26.5. The van der Waals surface area contributed by atoms with Gasteiger partial charge in [-0.05, 0) is 79.4 Å². The Hall–Kier alpha value is -4.55. The third-order valence-electron chi connectivity index (χ3n) is 9.85. The first-order valence-electron chi connectivity index (χ1n) is 17.7. The fraction of sp³-hybridized carbons (Fsp3) is 0.359. The number of phenolic OH excluding ortho intramolecular Hbond substituents is 1. The number of ether oxygens (including phenoxy) is 3. The number of benzene rings is 2. The fourth-order valence-corrected chi connectivity index (χ4v) is 8.99. The number of nitrogens with zero attached hydrogens (tertiary/aromatic N) is 1. The number of hydrogen-bond acceptors (Lipinski definition) is 12. The molecule has 1 fully saturated rings. The Bertz CT molecular complexity index is 2110. The number of aliphatic hydroxyl groups excluding tert-OH is 1. The van der Waals surface area contributed by atoms with Crippen molar-refractivity contribution in [3.63, 3.8) is 0 Å². The van der Waals surface area contributed by atoms with Gasteiger partial charge in [0.25, 0.3) is 0 Å². The lowest BCUT2D eigenvalue weighted by Gasteiger charge is -2.38. The van der Waals surface area contributed by atoms with Gasteiger partial charge < -0.3 is 44.7 Å². The standard InChI is InChI=1S/C39H43ClN4O9S2.FH/c1-44(24-7-9-25(10-8-24)53-39(37(48)49,33-5-3-17-54-33)34-6-4-18-55-34)15-16-52-38(50)42-29-20-32(51-2)23(19-28(29)40)21-41-22-31(46)26-11-13-30(45)36-27(26)12-14-35(47)43-36;/h3-6,11-14,17-20,24-25,31,41,45-46H,7-10,15-16,21-22H2,1-2H3,(H,42,50)(H,43,47)(H,48,49);1H/t24-,25-,31-;/m0./s1. The minimum atomic E-state index is -1.53. The van der Waals surface area contributed by atoms with Crippen molar-refractivity contribution in [3.05, 3.63) is 108 Å². The molecule has 0 radical (unpaired) electrons. The molecule has 56 heavy (non-hydrogen) atoms. The molecule has 0 spiro atoms. The van der Waals surface area contributed by atoms with E-state index in [0.29, 0.717) is 57.1 Å². The number of H-pyrrole nitrogens is 1. The lowest BCUT2D eigenvalue weighted by atomic mass is 9.90. The van der Waals surface area contributed by atoms with Crippen LogP contribution in [0.5, 0.6) is 11.5 Å². The van der Waals surface area contributed by atoms with Crippen LogP contribution in [0.25, 0.3) is 10.9 Å². The van der Waals surface area contributed by atoms with Crippen molar-refractivity contribution in [1.29, 1.82) is 0 Å². The van der Waals surface area contributed by atoms with Crippen LogP contribution in [-0.2, 0) is 26.4 Å². The number of aromatic hydroxyl groups is 1. The predicted molar refractivity (Wildman–Crippen MR) is 215 cm³/mol. The zero-order valence-electron chi connectivity index (χ0n) is 30.7. The molecule has 0 bridgehead atoms. The maximum Gasteiger partial charge on any atom is 0.411 e. The van der Waals surface area contributed by atoms with Crippen molar-refractivity contribution < 1.29 is 43.8 Å². The molecular weight excluding hydrogens is 787 g/mol.